The van der Waals surface area contributed by atoms with E-state index in [1.54, 1.807) is 12.1 Å². The van der Waals surface area contributed by atoms with Gasteiger partial charge in [0, 0.05) is 24.8 Å². The minimum Gasteiger partial charge on any atom is -0.327 e. The number of benzene rings is 1. The van der Waals surface area contributed by atoms with Gasteiger partial charge >= 0.3 is 0 Å². The van der Waals surface area contributed by atoms with Gasteiger partial charge in [-0.2, -0.15) is 0 Å². The molecule has 5 nitrogen and oxygen atoms in total. The van der Waals surface area contributed by atoms with E-state index in [9.17, 15) is 17.2 Å². The van der Waals surface area contributed by atoms with Crippen LogP contribution < -0.4 is 4.72 Å². The van der Waals surface area contributed by atoms with E-state index >= 15 is 0 Å². The van der Waals surface area contributed by atoms with E-state index in [2.05, 4.69) is 30.1 Å². The number of nitrogens with zero attached hydrogens (tertiary/aromatic N) is 2. The number of halogens is 2. The minimum absolute atomic E-state index is 0.0564. The van der Waals surface area contributed by atoms with Gasteiger partial charge in [0.05, 0.1) is 22.5 Å². The Morgan fingerprint density at radius 1 is 1.19 bits per heavy atom. The molecule has 0 amide bonds. The van der Waals surface area contributed by atoms with Crippen molar-refractivity contribution in [1.82, 2.24) is 9.55 Å². The first-order chi connectivity index (χ1) is 14.4. The van der Waals surface area contributed by atoms with Gasteiger partial charge in [0.25, 0.3) is 0 Å². The number of rotatable bonds is 8. The molecule has 1 saturated carbocycles. The third-order valence-corrected chi connectivity index (χ3v) is 7.36. The number of hydrogen-bond donors (Lipinski definition) is 1. The fourth-order valence-corrected chi connectivity index (χ4v) is 5.44. The number of unbranched alkanes of at least 4 members (excludes halogenated alkanes) is 2. The highest BCUT2D eigenvalue weighted by molar-refractivity contribution is 7.92. The number of sulfonamides is 1. The van der Waals surface area contributed by atoms with Gasteiger partial charge in [-0.1, -0.05) is 40.5 Å². The van der Waals surface area contributed by atoms with Crippen molar-refractivity contribution >= 4 is 26.7 Å². The number of imidazole rings is 1. The van der Waals surface area contributed by atoms with Gasteiger partial charge in [0.15, 0.2) is 0 Å². The summed E-state index contributed by atoms with van der Waals surface area (Å²) < 4.78 is 56.7. The first-order valence-corrected chi connectivity index (χ1v) is 12.9. The Morgan fingerprint density at radius 2 is 1.87 bits per heavy atom. The number of alkyl halides is 2. The topological polar surface area (TPSA) is 64.0 Å². The Bertz CT molecular complexity index is 1000. The number of fused-ring (bicyclic) bond motifs is 1. The van der Waals surface area contributed by atoms with Crippen molar-refractivity contribution in [3.05, 3.63) is 24.0 Å². The lowest BCUT2D eigenvalue weighted by Crippen LogP contribution is -2.28. The van der Waals surface area contributed by atoms with Gasteiger partial charge in [-0.05, 0) is 43.4 Å². The second-order valence-corrected chi connectivity index (χ2v) is 11.8. The van der Waals surface area contributed by atoms with Crippen molar-refractivity contribution in [1.29, 1.82) is 0 Å². The molecule has 0 unspecified atom stereocenters. The largest absolute Gasteiger partial charge is 0.327 e. The molecule has 0 radical (unpaired) electrons. The molecule has 0 spiro atoms. The Balaban J connectivity index is 1.86. The van der Waals surface area contributed by atoms with Crippen LogP contribution in [0, 0.1) is 5.92 Å². The van der Waals surface area contributed by atoms with E-state index in [1.165, 1.54) is 0 Å². The lowest BCUT2D eigenvalue weighted by molar-refractivity contribution is -0.0473. The fraction of sp³-hybridized carbons (Fsp3) is 0.696. The van der Waals surface area contributed by atoms with Gasteiger partial charge < -0.3 is 4.57 Å². The molecule has 1 heterocycles. The number of aromatic nitrogens is 2. The summed E-state index contributed by atoms with van der Waals surface area (Å²) in [6, 6.07) is 5.42. The molecule has 174 valence electrons. The van der Waals surface area contributed by atoms with E-state index in [0.717, 1.165) is 29.7 Å². The van der Waals surface area contributed by atoms with Gasteiger partial charge in [-0.15, -0.1) is 0 Å². The molecule has 0 saturated heterocycles. The number of nitrogens with one attached hydrogen (secondary N) is 1. The molecule has 2 aromatic rings. The van der Waals surface area contributed by atoms with E-state index in [1.807, 2.05) is 13.0 Å². The third-order valence-electron chi connectivity index (χ3n) is 5.99. The van der Waals surface area contributed by atoms with Gasteiger partial charge in [0.2, 0.25) is 15.9 Å². The smallest absolute Gasteiger partial charge is 0.248 e. The molecule has 1 fully saturated rings. The summed E-state index contributed by atoms with van der Waals surface area (Å²) in [4.78, 5) is 4.82. The molecule has 1 aliphatic rings. The predicted molar refractivity (Wildman–Crippen MR) is 122 cm³/mol. The molecule has 0 atom stereocenters. The molecule has 1 aromatic heterocycles. The summed E-state index contributed by atoms with van der Waals surface area (Å²) in [7, 11) is -3.40. The average molecular weight is 456 g/mol. The second-order valence-electron chi connectivity index (χ2n) is 9.93. The van der Waals surface area contributed by atoms with E-state index in [4.69, 9.17) is 4.98 Å². The van der Waals surface area contributed by atoms with Crippen molar-refractivity contribution < 1.29 is 17.2 Å². The van der Waals surface area contributed by atoms with Crippen molar-refractivity contribution in [2.24, 2.45) is 5.92 Å². The molecular weight excluding hydrogens is 420 g/mol. The molecule has 0 bridgehead atoms. The Kier molecular flexibility index (Phi) is 6.99. The minimum atomic E-state index is -3.40. The molecule has 1 aromatic carbocycles. The Morgan fingerprint density at radius 3 is 2.48 bits per heavy atom. The summed E-state index contributed by atoms with van der Waals surface area (Å²) in [6.07, 6.45) is 3.38. The van der Waals surface area contributed by atoms with Crippen LogP contribution >= 0.6 is 0 Å². The highest BCUT2D eigenvalue weighted by Crippen LogP contribution is 2.38. The summed E-state index contributed by atoms with van der Waals surface area (Å²) in [5, 5.41) is 0. The highest BCUT2D eigenvalue weighted by atomic mass is 32.2. The van der Waals surface area contributed by atoms with Gasteiger partial charge in [-0.25, -0.2) is 22.2 Å². The predicted octanol–water partition coefficient (Wildman–Crippen LogP) is 6.09. The summed E-state index contributed by atoms with van der Waals surface area (Å²) >= 11 is 0. The lowest BCUT2D eigenvalue weighted by Gasteiger charge is -2.30. The van der Waals surface area contributed by atoms with Crippen LogP contribution in [0.2, 0.25) is 0 Å². The van der Waals surface area contributed by atoms with Crippen molar-refractivity contribution in [3.63, 3.8) is 0 Å². The number of anilines is 1. The second kappa shape index (κ2) is 9.04. The summed E-state index contributed by atoms with van der Waals surface area (Å²) in [5.74, 6) is -1.35. The maximum atomic E-state index is 13.6. The van der Waals surface area contributed by atoms with Crippen molar-refractivity contribution in [2.75, 3.05) is 10.5 Å². The van der Waals surface area contributed by atoms with Gasteiger partial charge in [-0.3, -0.25) is 4.72 Å². The zero-order valence-corrected chi connectivity index (χ0v) is 19.9. The summed E-state index contributed by atoms with van der Waals surface area (Å²) in [5.41, 5.74) is 1.92. The van der Waals surface area contributed by atoms with E-state index < -0.39 is 15.9 Å². The molecule has 3 rings (SSSR count). The van der Waals surface area contributed by atoms with E-state index in [-0.39, 0.29) is 29.9 Å². The van der Waals surface area contributed by atoms with Crippen LogP contribution in [0.25, 0.3) is 11.0 Å². The van der Waals surface area contributed by atoms with Crippen LogP contribution in [-0.2, 0) is 22.0 Å². The molecular formula is C23H35F2N3O2S. The van der Waals surface area contributed by atoms with Crippen LogP contribution in [0.3, 0.4) is 0 Å². The Labute approximate surface area is 184 Å². The van der Waals surface area contributed by atoms with Crippen LogP contribution in [0.4, 0.5) is 14.5 Å². The standard InChI is InChI=1S/C23H35F2N3O2S/c1-5-6-7-14-31(29,30)27-18-8-9-20-19(15-18)26-21(22(2,3)4)28(20)16-17-10-12-23(24,25)13-11-17/h8-9,15,17,27H,5-7,10-14,16H2,1-4H3. The first-order valence-electron chi connectivity index (χ1n) is 11.3. The Hall–Kier alpha value is -1.70. The average Bonchev–Trinajstić information content (AvgIpc) is 3.01. The normalized spacial score (nSPS) is 17.9. The zero-order chi connectivity index (χ0) is 22.9. The summed E-state index contributed by atoms with van der Waals surface area (Å²) in [6.45, 7) is 8.93. The fourth-order valence-electron chi connectivity index (χ4n) is 4.26. The monoisotopic (exact) mass is 455 g/mol. The lowest BCUT2D eigenvalue weighted by atomic mass is 9.86. The zero-order valence-electron chi connectivity index (χ0n) is 19.0. The first kappa shape index (κ1) is 24.0. The third kappa shape index (κ3) is 6.18. The van der Waals surface area contributed by atoms with Gasteiger partial charge in [0.1, 0.15) is 5.82 Å². The van der Waals surface area contributed by atoms with Crippen LogP contribution in [-0.4, -0.2) is 29.6 Å². The van der Waals surface area contributed by atoms with Crippen LogP contribution in [0.5, 0.6) is 0 Å². The SMILES string of the molecule is CCCCCS(=O)(=O)Nc1ccc2c(c1)nc(C(C)(C)C)n2CC1CCC(F)(F)CC1. The highest BCUT2D eigenvalue weighted by Gasteiger charge is 2.35. The molecule has 1 aliphatic carbocycles. The maximum Gasteiger partial charge on any atom is 0.248 e. The van der Waals surface area contributed by atoms with E-state index in [0.29, 0.717) is 31.5 Å². The van der Waals surface area contributed by atoms with Crippen LogP contribution in [0.1, 0.15) is 78.5 Å². The molecule has 0 aliphatic heterocycles. The number of hydrogen-bond acceptors (Lipinski definition) is 3. The maximum absolute atomic E-state index is 13.6. The van der Waals surface area contributed by atoms with Crippen molar-refractivity contribution in [2.45, 2.75) is 90.5 Å². The molecule has 31 heavy (non-hydrogen) atoms. The molecule has 8 heteroatoms. The van der Waals surface area contributed by atoms with Crippen LogP contribution in [0.15, 0.2) is 18.2 Å². The molecule has 1 N–H and O–H groups in total. The van der Waals surface area contributed by atoms with Crippen molar-refractivity contribution in [3.8, 4) is 0 Å². The quantitative estimate of drug-likeness (QED) is 0.490.